The number of unbranched alkanes of at least 4 members (excludes halogenated alkanes) is 1. The number of rotatable bonds is 9. The van der Waals surface area contributed by atoms with Gasteiger partial charge in [0.05, 0.1) is 5.75 Å². The third kappa shape index (κ3) is 6.57. The van der Waals surface area contributed by atoms with Crippen LogP contribution >= 0.6 is 0 Å². The Kier molecular flexibility index (Phi) is 7.52. The summed E-state index contributed by atoms with van der Waals surface area (Å²) >= 11 is 0. The predicted molar refractivity (Wildman–Crippen MR) is 86.8 cm³/mol. The summed E-state index contributed by atoms with van der Waals surface area (Å²) in [5, 5.41) is 3.46. The molecule has 0 saturated heterocycles. The summed E-state index contributed by atoms with van der Waals surface area (Å²) < 4.78 is 23.0. The van der Waals surface area contributed by atoms with Gasteiger partial charge in [-0.15, -0.1) is 0 Å². The maximum Gasteiger partial charge on any atom is 0.147 e. The van der Waals surface area contributed by atoms with Gasteiger partial charge in [0.2, 0.25) is 0 Å². The minimum atomic E-state index is -2.84. The lowest BCUT2D eigenvalue weighted by Gasteiger charge is -2.40. The second-order valence-corrected chi connectivity index (χ2v) is 9.01. The van der Waals surface area contributed by atoms with Crippen LogP contribution in [-0.4, -0.2) is 33.5 Å². The molecule has 20 heavy (non-hydrogen) atoms. The van der Waals surface area contributed by atoms with E-state index >= 15 is 0 Å². The topological polar surface area (TPSA) is 46.2 Å². The number of hydrogen-bond donors (Lipinski definition) is 1. The Bertz CT molecular complexity index is 357. The lowest BCUT2D eigenvalue weighted by Crippen LogP contribution is -2.39. The summed E-state index contributed by atoms with van der Waals surface area (Å²) in [6.45, 7) is 6.33. The molecule has 0 aromatic carbocycles. The Labute approximate surface area is 125 Å². The molecular weight excluding hydrogens is 270 g/mol. The predicted octanol–water partition coefficient (Wildman–Crippen LogP) is 3.40. The van der Waals surface area contributed by atoms with Crippen LogP contribution in [0.1, 0.15) is 65.2 Å². The summed E-state index contributed by atoms with van der Waals surface area (Å²) in [5.74, 6) is 1.22. The van der Waals surface area contributed by atoms with E-state index in [-0.39, 0.29) is 5.41 Å². The molecule has 1 aliphatic carbocycles. The zero-order valence-corrected chi connectivity index (χ0v) is 14.4. The minimum absolute atomic E-state index is 0.224. The molecule has 0 unspecified atom stereocenters. The van der Waals surface area contributed by atoms with Crippen molar-refractivity contribution in [3.8, 4) is 0 Å². The highest BCUT2D eigenvalue weighted by molar-refractivity contribution is 7.90. The fourth-order valence-electron chi connectivity index (χ4n) is 3.38. The Hall–Kier alpha value is -0.0900. The summed E-state index contributed by atoms with van der Waals surface area (Å²) in [7, 11) is -2.84. The van der Waals surface area contributed by atoms with Crippen LogP contribution in [-0.2, 0) is 9.84 Å². The zero-order valence-electron chi connectivity index (χ0n) is 13.6. The molecule has 0 atom stereocenters. The van der Waals surface area contributed by atoms with Crippen molar-refractivity contribution in [3.63, 3.8) is 0 Å². The lowest BCUT2D eigenvalue weighted by molar-refractivity contribution is 0.135. The molecule has 0 heterocycles. The second kappa shape index (κ2) is 8.38. The highest BCUT2D eigenvalue weighted by Crippen LogP contribution is 2.42. The summed E-state index contributed by atoms with van der Waals surface area (Å²) in [6, 6.07) is 0. The molecule has 0 aromatic rings. The summed E-state index contributed by atoms with van der Waals surface area (Å²) in [6.07, 6.45) is 11.2. The fourth-order valence-corrected chi connectivity index (χ4v) is 4.18. The molecule has 0 bridgehead atoms. The molecule has 4 heteroatoms. The quantitative estimate of drug-likeness (QED) is 0.710. The van der Waals surface area contributed by atoms with E-state index < -0.39 is 9.84 Å². The normalized spacial score (nSPS) is 27.6. The number of hydrogen-bond acceptors (Lipinski definition) is 3. The molecule has 1 N–H and O–H groups in total. The standard InChI is InChI=1S/C16H33NO2S/c1-4-6-7-15-8-10-16(11-9-15,14-17-5-2)12-13-20(3,18)19/h15,17H,4-14H2,1-3H3. The lowest BCUT2D eigenvalue weighted by atomic mass is 9.68. The third-order valence-corrected chi connectivity index (χ3v) is 5.83. The van der Waals surface area contributed by atoms with Crippen LogP contribution in [0.15, 0.2) is 0 Å². The van der Waals surface area contributed by atoms with E-state index in [1.54, 1.807) is 0 Å². The molecule has 1 fully saturated rings. The Morgan fingerprint density at radius 3 is 2.35 bits per heavy atom. The van der Waals surface area contributed by atoms with Crippen molar-refractivity contribution in [1.82, 2.24) is 5.32 Å². The van der Waals surface area contributed by atoms with Gasteiger partial charge in [-0.1, -0.05) is 33.1 Å². The molecular formula is C16H33NO2S. The van der Waals surface area contributed by atoms with Crippen molar-refractivity contribution in [2.24, 2.45) is 11.3 Å². The first-order chi connectivity index (χ1) is 9.41. The van der Waals surface area contributed by atoms with Crippen molar-refractivity contribution in [2.75, 3.05) is 25.1 Å². The monoisotopic (exact) mass is 303 g/mol. The van der Waals surface area contributed by atoms with Crippen LogP contribution in [0.5, 0.6) is 0 Å². The Morgan fingerprint density at radius 1 is 1.20 bits per heavy atom. The van der Waals surface area contributed by atoms with Crippen LogP contribution in [0.4, 0.5) is 0 Å². The molecule has 0 aromatic heterocycles. The smallest absolute Gasteiger partial charge is 0.147 e. The average molecular weight is 304 g/mol. The van der Waals surface area contributed by atoms with Crippen LogP contribution in [0.2, 0.25) is 0 Å². The Morgan fingerprint density at radius 2 is 1.85 bits per heavy atom. The molecule has 1 saturated carbocycles. The van der Waals surface area contributed by atoms with Crippen molar-refractivity contribution >= 4 is 9.84 Å². The highest BCUT2D eigenvalue weighted by Gasteiger charge is 2.35. The molecule has 3 nitrogen and oxygen atoms in total. The minimum Gasteiger partial charge on any atom is -0.316 e. The molecule has 1 rings (SSSR count). The van der Waals surface area contributed by atoms with Gasteiger partial charge >= 0.3 is 0 Å². The van der Waals surface area contributed by atoms with Crippen LogP contribution < -0.4 is 5.32 Å². The molecule has 0 radical (unpaired) electrons. The molecule has 0 amide bonds. The van der Waals surface area contributed by atoms with Crippen molar-refractivity contribution in [1.29, 1.82) is 0 Å². The van der Waals surface area contributed by atoms with E-state index in [4.69, 9.17) is 0 Å². The maximum atomic E-state index is 11.5. The summed E-state index contributed by atoms with van der Waals surface area (Å²) in [5.41, 5.74) is 0.224. The molecule has 0 spiro atoms. The van der Waals surface area contributed by atoms with Gasteiger partial charge in [0, 0.05) is 12.8 Å². The van der Waals surface area contributed by atoms with Gasteiger partial charge in [-0.05, 0) is 50.0 Å². The van der Waals surface area contributed by atoms with Gasteiger partial charge in [0.25, 0.3) is 0 Å². The van der Waals surface area contributed by atoms with Crippen molar-refractivity contribution < 1.29 is 8.42 Å². The maximum absolute atomic E-state index is 11.5. The second-order valence-electron chi connectivity index (χ2n) is 6.75. The van der Waals surface area contributed by atoms with Gasteiger partial charge in [-0.2, -0.15) is 0 Å². The molecule has 0 aliphatic heterocycles. The van der Waals surface area contributed by atoms with Gasteiger partial charge in [0.1, 0.15) is 9.84 Å². The molecule has 120 valence electrons. The van der Waals surface area contributed by atoms with Gasteiger partial charge in [-0.3, -0.25) is 0 Å². The average Bonchev–Trinajstić information content (AvgIpc) is 2.42. The van der Waals surface area contributed by atoms with Crippen LogP contribution in [0.25, 0.3) is 0 Å². The first kappa shape index (κ1) is 18.0. The van der Waals surface area contributed by atoms with E-state index in [9.17, 15) is 8.42 Å². The SMILES string of the molecule is CCCCC1CCC(CCS(C)(=O)=O)(CNCC)CC1. The first-order valence-electron chi connectivity index (χ1n) is 8.29. The first-order valence-corrected chi connectivity index (χ1v) is 10.4. The number of nitrogens with one attached hydrogen (secondary N) is 1. The van der Waals surface area contributed by atoms with Crippen molar-refractivity contribution in [2.45, 2.75) is 65.2 Å². The van der Waals surface area contributed by atoms with Gasteiger partial charge in [-0.25, -0.2) is 8.42 Å². The number of sulfone groups is 1. The Balaban J connectivity index is 2.53. The van der Waals surface area contributed by atoms with E-state index in [2.05, 4.69) is 19.2 Å². The fraction of sp³-hybridized carbons (Fsp3) is 1.00. The van der Waals surface area contributed by atoms with E-state index in [1.165, 1.54) is 51.2 Å². The van der Waals surface area contributed by atoms with Gasteiger partial charge < -0.3 is 5.32 Å². The summed E-state index contributed by atoms with van der Waals surface area (Å²) in [4.78, 5) is 0. The van der Waals surface area contributed by atoms with Crippen molar-refractivity contribution in [3.05, 3.63) is 0 Å². The molecule has 1 aliphatic rings. The van der Waals surface area contributed by atoms with Crippen LogP contribution in [0.3, 0.4) is 0 Å². The highest BCUT2D eigenvalue weighted by atomic mass is 32.2. The van der Waals surface area contributed by atoms with E-state index in [1.807, 2.05) is 0 Å². The third-order valence-electron chi connectivity index (χ3n) is 4.88. The zero-order chi connectivity index (χ0) is 15.1. The van der Waals surface area contributed by atoms with E-state index in [0.717, 1.165) is 25.4 Å². The van der Waals surface area contributed by atoms with Crippen LogP contribution in [0, 0.1) is 11.3 Å². The van der Waals surface area contributed by atoms with Gasteiger partial charge in [0.15, 0.2) is 0 Å². The largest absolute Gasteiger partial charge is 0.316 e. The van der Waals surface area contributed by atoms with E-state index in [0.29, 0.717) is 5.75 Å².